The summed E-state index contributed by atoms with van der Waals surface area (Å²) in [6.45, 7) is 9.46. The number of anilines is 2. The van der Waals surface area contributed by atoms with Crippen LogP contribution in [0.4, 0.5) is 20.2 Å². The molecule has 0 spiro atoms. The zero-order chi connectivity index (χ0) is 53.7. The molecule has 0 aliphatic carbocycles. The molecule has 76 heavy (non-hydrogen) atoms. The molecule has 19 heteroatoms. The van der Waals surface area contributed by atoms with E-state index < -0.39 is 23.9 Å². The quantitative estimate of drug-likeness (QED) is 0.0533. The van der Waals surface area contributed by atoms with E-state index in [4.69, 9.17) is 9.90 Å². The van der Waals surface area contributed by atoms with Crippen molar-refractivity contribution in [1.82, 2.24) is 34.9 Å². The van der Waals surface area contributed by atoms with Crippen LogP contribution >= 0.6 is 11.3 Å². The van der Waals surface area contributed by atoms with Crippen LogP contribution in [0.15, 0.2) is 76.9 Å². The van der Waals surface area contributed by atoms with Crippen molar-refractivity contribution in [3.05, 3.63) is 105 Å². The lowest BCUT2D eigenvalue weighted by Crippen LogP contribution is -2.47. The van der Waals surface area contributed by atoms with Crippen LogP contribution in [0.25, 0.3) is 21.5 Å². The first-order valence-corrected chi connectivity index (χ1v) is 27.3. The Kier molecular flexibility index (Phi) is 16.7. The van der Waals surface area contributed by atoms with Gasteiger partial charge in [0, 0.05) is 97.5 Å². The number of halogens is 2. The maximum atomic E-state index is 14.3. The van der Waals surface area contributed by atoms with Crippen molar-refractivity contribution in [2.45, 2.75) is 89.3 Å². The van der Waals surface area contributed by atoms with Gasteiger partial charge in [-0.15, -0.1) is 11.3 Å². The smallest absolute Gasteiger partial charge is 0.329 e. The average Bonchev–Trinajstić information content (AvgIpc) is 4.15. The first-order valence-electron chi connectivity index (χ1n) is 26.4. The molecule has 5 aliphatic heterocycles. The molecule has 0 saturated carbocycles. The summed E-state index contributed by atoms with van der Waals surface area (Å²) in [6, 6.07) is 19.3. The van der Waals surface area contributed by atoms with Gasteiger partial charge in [-0.2, -0.15) is 0 Å². The summed E-state index contributed by atoms with van der Waals surface area (Å²) >= 11 is 1.66. The van der Waals surface area contributed by atoms with Crippen molar-refractivity contribution >= 4 is 63.8 Å². The highest BCUT2D eigenvalue weighted by Gasteiger charge is 2.44. The maximum absolute atomic E-state index is 14.3. The molecule has 5 aromatic rings. The highest BCUT2D eigenvalue weighted by atomic mass is 32.1. The zero-order valence-corrected chi connectivity index (χ0v) is 44.1. The van der Waals surface area contributed by atoms with E-state index in [-0.39, 0.29) is 61.4 Å². The van der Waals surface area contributed by atoms with Gasteiger partial charge >= 0.3 is 5.69 Å². The largest absolute Gasteiger partial charge is 0.483 e. The number of rotatable bonds is 11. The molecule has 2 aromatic heterocycles. The lowest BCUT2D eigenvalue weighted by molar-refractivity contribution is -0.138. The van der Waals surface area contributed by atoms with E-state index in [0.29, 0.717) is 35.0 Å². The Labute approximate surface area is 445 Å². The van der Waals surface area contributed by atoms with Gasteiger partial charge in [0.1, 0.15) is 12.1 Å². The van der Waals surface area contributed by atoms with Gasteiger partial charge in [0.25, 0.3) is 18.3 Å². The van der Waals surface area contributed by atoms with Crippen LogP contribution in [0.5, 0.6) is 0 Å². The number of nitrogens with one attached hydrogen (secondary N) is 4. The van der Waals surface area contributed by atoms with Crippen molar-refractivity contribution in [3.63, 3.8) is 0 Å². The fourth-order valence-corrected chi connectivity index (χ4v) is 12.2. The van der Waals surface area contributed by atoms with Crippen molar-refractivity contribution in [3.8, 4) is 22.3 Å². The Morgan fingerprint density at radius 1 is 0.921 bits per heavy atom. The third-order valence-electron chi connectivity index (χ3n) is 16.0. The van der Waals surface area contributed by atoms with Crippen molar-refractivity contribution in [2.24, 2.45) is 24.8 Å². The molecule has 3 aromatic carbocycles. The number of imidazole rings is 1. The number of fused-ring (bicyclic) bond motifs is 1. The standard InChI is InChI=1S/C56H65F2N9O5S.CH2O2/c1-35-6-11-42(61-50-32-59-34-56(50,57)58)30-44(35)52(69)60-36(2)41-10-9-39(45(29-41)49-5-4-28-73-49)8-7-37-16-22-64(23-17-37)33-38-18-24-66(25-19-38)54(71)40-20-26-65(27-21-40)43-12-13-46-48(31-43)63(3)55(72)67(46)47-14-15-51(68)62-53(47)70;2-1-3/h4-6,9-13,28-31,36-38,40,47,50,59,61H,14-27,32-34H2,1-3H3,(H,60,69)(H,62,68,70);1H,(H,2,3)/t36-,47?,50+;/m1./s1. The molecule has 7 heterocycles. The van der Waals surface area contributed by atoms with E-state index in [1.807, 2.05) is 44.2 Å². The van der Waals surface area contributed by atoms with Gasteiger partial charge < -0.3 is 35.8 Å². The van der Waals surface area contributed by atoms with Crippen LogP contribution in [-0.4, -0.2) is 125 Å². The summed E-state index contributed by atoms with van der Waals surface area (Å²) in [5, 5.41) is 20.1. The minimum atomic E-state index is -2.88. The first kappa shape index (κ1) is 53.9. The molecular formula is C57H67F2N9O7S. The Balaban J connectivity index is 0.00000230. The van der Waals surface area contributed by atoms with Crippen molar-refractivity contribution in [1.29, 1.82) is 0 Å². The number of amides is 4. The van der Waals surface area contributed by atoms with Gasteiger partial charge in [0.2, 0.25) is 17.7 Å². The summed E-state index contributed by atoms with van der Waals surface area (Å²) in [5.41, 5.74) is 6.71. The minimum absolute atomic E-state index is 0.00357. The van der Waals surface area contributed by atoms with Crippen LogP contribution in [0.1, 0.15) is 97.4 Å². The number of thiophene rings is 1. The van der Waals surface area contributed by atoms with Crippen molar-refractivity contribution in [2.75, 3.05) is 69.1 Å². The lowest BCUT2D eigenvalue weighted by Gasteiger charge is -2.39. The molecule has 5 N–H and O–H groups in total. The van der Waals surface area contributed by atoms with Gasteiger partial charge in [-0.1, -0.05) is 30.0 Å². The fourth-order valence-electron chi connectivity index (χ4n) is 11.5. The second kappa shape index (κ2) is 23.6. The molecule has 4 amide bonds. The van der Waals surface area contributed by atoms with Gasteiger partial charge in [-0.25, -0.2) is 13.6 Å². The highest BCUT2D eigenvalue weighted by molar-refractivity contribution is 7.13. The Morgan fingerprint density at radius 3 is 2.36 bits per heavy atom. The monoisotopic (exact) mass is 1060 g/mol. The molecule has 5 fully saturated rings. The molecule has 5 aliphatic rings. The summed E-state index contributed by atoms with van der Waals surface area (Å²) in [4.78, 5) is 81.5. The Hall–Kier alpha value is -6.88. The predicted octanol–water partition coefficient (Wildman–Crippen LogP) is 6.78. The topological polar surface area (TPSA) is 190 Å². The number of benzene rings is 3. The number of likely N-dealkylation sites (tertiary alicyclic amines) is 2. The molecule has 5 saturated heterocycles. The molecule has 0 radical (unpaired) electrons. The Bertz CT molecular complexity index is 3070. The fraction of sp³-hybridized carbons (Fsp3) is 0.474. The normalized spacial score (nSPS) is 21.0. The number of piperidine rings is 4. The van der Waals surface area contributed by atoms with Crippen LogP contribution in [0.3, 0.4) is 0 Å². The number of alkyl halides is 2. The number of nitrogens with zero attached hydrogens (tertiary/aromatic N) is 5. The number of hydrogen-bond acceptors (Lipinski definition) is 11. The number of aromatic nitrogens is 2. The van der Waals surface area contributed by atoms with E-state index in [1.54, 1.807) is 41.2 Å². The van der Waals surface area contributed by atoms with Crippen LogP contribution in [0.2, 0.25) is 0 Å². The van der Waals surface area contributed by atoms with E-state index in [9.17, 15) is 32.8 Å². The van der Waals surface area contributed by atoms with Crippen molar-refractivity contribution < 1.29 is 37.9 Å². The summed E-state index contributed by atoms with van der Waals surface area (Å²) in [5.74, 6) is 4.37. The van der Waals surface area contributed by atoms with Gasteiger partial charge in [0.05, 0.1) is 23.6 Å². The number of hydrogen-bond donors (Lipinski definition) is 5. The zero-order valence-electron chi connectivity index (χ0n) is 43.3. The minimum Gasteiger partial charge on any atom is -0.483 e. The lowest BCUT2D eigenvalue weighted by atomic mass is 9.90. The second-order valence-corrected chi connectivity index (χ2v) is 21.9. The third kappa shape index (κ3) is 12.0. The average molecular weight is 1060 g/mol. The van der Waals surface area contributed by atoms with Gasteiger partial charge in [-0.3, -0.25) is 38.4 Å². The summed E-state index contributed by atoms with van der Waals surface area (Å²) < 4.78 is 31.7. The third-order valence-corrected chi connectivity index (χ3v) is 16.9. The molecule has 1 unspecified atom stereocenters. The first-order chi connectivity index (χ1) is 36.6. The number of carbonyl (C=O) groups excluding carboxylic acids is 4. The van der Waals surface area contributed by atoms with E-state index in [0.717, 1.165) is 123 Å². The van der Waals surface area contributed by atoms with Gasteiger partial charge in [-0.05, 0) is 143 Å². The van der Waals surface area contributed by atoms with Crippen LogP contribution in [0, 0.1) is 36.5 Å². The number of imide groups is 1. The van der Waals surface area contributed by atoms with Gasteiger partial charge in [0.15, 0.2) is 0 Å². The molecule has 0 bridgehead atoms. The number of aryl methyl sites for hydroxylation is 2. The molecule has 3 atom stereocenters. The molecule has 16 nitrogen and oxygen atoms in total. The summed E-state index contributed by atoms with van der Waals surface area (Å²) in [6.07, 6.45) is 6.08. The number of carbonyl (C=O) groups is 5. The van der Waals surface area contributed by atoms with E-state index >= 15 is 0 Å². The number of carboxylic acid groups (broad SMARTS) is 1. The maximum Gasteiger partial charge on any atom is 0.329 e. The Morgan fingerprint density at radius 2 is 1.67 bits per heavy atom. The molecule has 402 valence electrons. The second-order valence-electron chi connectivity index (χ2n) is 20.9. The molecular weight excluding hydrogens is 993 g/mol. The summed E-state index contributed by atoms with van der Waals surface area (Å²) in [7, 11) is 1.71. The highest BCUT2D eigenvalue weighted by Crippen LogP contribution is 2.34. The van der Waals surface area contributed by atoms with E-state index in [2.05, 4.69) is 71.4 Å². The molecule has 10 rings (SSSR count). The predicted molar refractivity (Wildman–Crippen MR) is 290 cm³/mol. The van der Waals surface area contributed by atoms with Crippen LogP contribution < -0.4 is 31.9 Å². The SMILES string of the molecule is Cc1ccc(N[C@H]2CNCC2(F)F)cc1C(=O)N[C@H](C)c1ccc(C#CC2CCN(CC3CCN(C(=O)C4CCN(c5ccc6c(c5)n(C)c(=O)n6C5CCC(=O)NC5=O)CC4)CC3)CC2)c(-c2cccs2)c1.O=CO. The van der Waals surface area contributed by atoms with E-state index in [1.165, 1.54) is 4.57 Å². The van der Waals surface area contributed by atoms with Crippen LogP contribution in [-0.2, 0) is 26.2 Å².